The van der Waals surface area contributed by atoms with Crippen molar-refractivity contribution in [3.05, 3.63) is 72.4 Å². The van der Waals surface area contributed by atoms with Gasteiger partial charge >= 0.3 is 0 Å². The van der Waals surface area contributed by atoms with E-state index in [1.807, 2.05) is 7.05 Å². The second-order valence-corrected chi connectivity index (χ2v) is 7.55. The van der Waals surface area contributed by atoms with Gasteiger partial charge in [-0.15, -0.1) is 0 Å². The van der Waals surface area contributed by atoms with Crippen LogP contribution < -0.4 is 9.80 Å². The molecule has 2 aromatic heterocycles. The first kappa shape index (κ1) is 19.4. The summed E-state index contributed by atoms with van der Waals surface area (Å²) in [5, 5.41) is 5.32. The van der Waals surface area contributed by atoms with Gasteiger partial charge in [0.25, 0.3) is 0 Å². The van der Waals surface area contributed by atoms with Gasteiger partial charge in [-0.25, -0.2) is 19.0 Å². The van der Waals surface area contributed by atoms with Crippen LogP contribution in [0.4, 0.5) is 15.9 Å². The largest absolute Gasteiger partial charge is 0.378 e. The Morgan fingerprint density at radius 3 is 2.61 bits per heavy atom. The van der Waals surface area contributed by atoms with Gasteiger partial charge in [-0.3, -0.25) is 0 Å². The minimum absolute atomic E-state index is 0.283. The van der Waals surface area contributed by atoms with Gasteiger partial charge in [0.15, 0.2) is 5.65 Å². The van der Waals surface area contributed by atoms with Crippen molar-refractivity contribution >= 4 is 22.5 Å². The number of anilines is 2. The van der Waals surface area contributed by atoms with E-state index in [2.05, 4.69) is 49.1 Å². The summed E-state index contributed by atoms with van der Waals surface area (Å²) in [5.74, 6) is 0.518. The molecule has 0 spiro atoms. The quantitative estimate of drug-likeness (QED) is 0.495. The molecule has 7 nitrogen and oxygen atoms in total. The smallest absolute Gasteiger partial charge is 0.168 e. The van der Waals surface area contributed by atoms with Gasteiger partial charge in [0.1, 0.15) is 18.0 Å². The van der Waals surface area contributed by atoms with Crippen LogP contribution in [0.3, 0.4) is 0 Å². The van der Waals surface area contributed by atoms with E-state index in [1.165, 1.54) is 23.4 Å². The minimum atomic E-state index is -0.283. The molecule has 158 valence electrons. The van der Waals surface area contributed by atoms with E-state index in [0.29, 0.717) is 12.2 Å². The molecule has 0 saturated carbocycles. The maximum absolute atomic E-state index is 13.3. The molecule has 0 atom stereocenters. The van der Waals surface area contributed by atoms with E-state index in [0.717, 1.165) is 43.2 Å². The number of hydrogen-bond donors (Lipinski definition) is 0. The number of halogens is 1. The first-order chi connectivity index (χ1) is 15.2. The van der Waals surface area contributed by atoms with Crippen LogP contribution in [0.2, 0.25) is 0 Å². The third-order valence-electron chi connectivity index (χ3n) is 5.53. The molecule has 1 aliphatic rings. The fourth-order valence-electron chi connectivity index (χ4n) is 3.99. The van der Waals surface area contributed by atoms with Gasteiger partial charge in [0.05, 0.1) is 30.5 Å². The second-order valence-electron chi connectivity index (χ2n) is 7.55. The summed E-state index contributed by atoms with van der Waals surface area (Å²) in [6.45, 7) is 3.98. The Kier molecular flexibility index (Phi) is 5.21. The highest BCUT2D eigenvalue weighted by Gasteiger charge is 2.18. The summed E-state index contributed by atoms with van der Waals surface area (Å²) >= 11 is 0. The third-order valence-corrected chi connectivity index (χ3v) is 5.53. The number of para-hydroxylation sites is 1. The molecule has 1 fully saturated rings. The molecule has 1 saturated heterocycles. The van der Waals surface area contributed by atoms with Crippen LogP contribution in [-0.2, 0) is 11.3 Å². The predicted octanol–water partition coefficient (Wildman–Crippen LogP) is 3.43. The number of aromatic nitrogens is 4. The molecular formula is C23H23FN6O. The minimum Gasteiger partial charge on any atom is -0.378 e. The number of nitrogens with zero attached hydrogens (tertiary/aromatic N) is 6. The van der Waals surface area contributed by atoms with Crippen LogP contribution in [0.15, 0.2) is 61.1 Å². The van der Waals surface area contributed by atoms with Crippen molar-refractivity contribution in [1.29, 1.82) is 0 Å². The van der Waals surface area contributed by atoms with Crippen molar-refractivity contribution in [3.63, 3.8) is 0 Å². The fraction of sp³-hybridized carbons (Fsp3) is 0.261. The number of fused-ring (bicyclic) bond motifs is 1. The molecule has 8 heteroatoms. The van der Waals surface area contributed by atoms with Gasteiger partial charge in [0, 0.05) is 32.4 Å². The van der Waals surface area contributed by atoms with Crippen molar-refractivity contribution in [2.45, 2.75) is 6.54 Å². The maximum atomic E-state index is 13.3. The molecule has 1 aliphatic heterocycles. The van der Waals surface area contributed by atoms with Gasteiger partial charge in [-0.1, -0.05) is 18.2 Å². The second kappa shape index (κ2) is 8.31. The Morgan fingerprint density at radius 2 is 1.81 bits per heavy atom. The molecule has 2 aromatic carbocycles. The van der Waals surface area contributed by atoms with E-state index in [-0.39, 0.29) is 5.82 Å². The number of benzene rings is 2. The third kappa shape index (κ3) is 3.82. The first-order valence-electron chi connectivity index (χ1n) is 10.3. The van der Waals surface area contributed by atoms with Crippen molar-refractivity contribution in [1.82, 2.24) is 19.7 Å². The lowest BCUT2D eigenvalue weighted by Gasteiger charge is -2.31. The fourth-order valence-corrected chi connectivity index (χ4v) is 3.99. The predicted molar refractivity (Wildman–Crippen MR) is 118 cm³/mol. The SMILES string of the molecule is CN(Cc1ccccc1N1CCOCC1)c1ncnc2c1cnn2-c1ccc(F)cc1. The lowest BCUT2D eigenvalue weighted by molar-refractivity contribution is 0.122. The topological polar surface area (TPSA) is 59.3 Å². The van der Waals surface area contributed by atoms with Gasteiger partial charge < -0.3 is 14.5 Å². The summed E-state index contributed by atoms with van der Waals surface area (Å²) in [5.41, 5.74) is 3.89. The molecular weight excluding hydrogens is 395 g/mol. The van der Waals surface area contributed by atoms with E-state index >= 15 is 0 Å². The summed E-state index contributed by atoms with van der Waals surface area (Å²) in [6, 6.07) is 14.7. The van der Waals surface area contributed by atoms with E-state index in [9.17, 15) is 4.39 Å². The summed E-state index contributed by atoms with van der Waals surface area (Å²) in [4.78, 5) is 13.4. The average molecular weight is 418 g/mol. The number of rotatable bonds is 5. The van der Waals surface area contributed by atoms with Crippen LogP contribution in [-0.4, -0.2) is 53.1 Å². The lowest BCUT2D eigenvalue weighted by atomic mass is 10.1. The summed E-state index contributed by atoms with van der Waals surface area (Å²) < 4.78 is 20.5. The van der Waals surface area contributed by atoms with Gasteiger partial charge in [-0.2, -0.15) is 5.10 Å². The molecule has 5 rings (SSSR count). The number of morpholine rings is 1. The van der Waals surface area contributed by atoms with Crippen molar-refractivity contribution in [2.75, 3.05) is 43.2 Å². The highest BCUT2D eigenvalue weighted by molar-refractivity contribution is 5.87. The van der Waals surface area contributed by atoms with Crippen LogP contribution in [0, 0.1) is 5.82 Å². The monoisotopic (exact) mass is 418 g/mol. The van der Waals surface area contributed by atoms with Crippen molar-refractivity contribution < 1.29 is 9.13 Å². The molecule has 0 unspecified atom stereocenters. The number of hydrogen-bond acceptors (Lipinski definition) is 6. The van der Waals surface area contributed by atoms with Crippen LogP contribution in [0.25, 0.3) is 16.7 Å². The van der Waals surface area contributed by atoms with Gasteiger partial charge in [0.2, 0.25) is 0 Å². The molecule has 4 aromatic rings. The Bertz CT molecular complexity index is 1190. The molecule has 0 amide bonds. The highest BCUT2D eigenvalue weighted by Crippen LogP contribution is 2.28. The molecule has 3 heterocycles. The Morgan fingerprint density at radius 1 is 1.03 bits per heavy atom. The van der Waals surface area contributed by atoms with Crippen LogP contribution in [0.1, 0.15) is 5.56 Å². The van der Waals surface area contributed by atoms with Gasteiger partial charge in [-0.05, 0) is 35.9 Å². The van der Waals surface area contributed by atoms with Crippen molar-refractivity contribution in [3.8, 4) is 5.69 Å². The zero-order valence-corrected chi connectivity index (χ0v) is 17.3. The summed E-state index contributed by atoms with van der Waals surface area (Å²) in [7, 11) is 2.02. The summed E-state index contributed by atoms with van der Waals surface area (Å²) in [6.07, 6.45) is 3.31. The molecule has 0 N–H and O–H groups in total. The Hall–Kier alpha value is -3.52. The molecule has 31 heavy (non-hydrogen) atoms. The van der Waals surface area contributed by atoms with E-state index in [4.69, 9.17) is 4.74 Å². The molecule has 0 bridgehead atoms. The zero-order valence-electron chi connectivity index (χ0n) is 17.3. The zero-order chi connectivity index (χ0) is 21.2. The highest BCUT2D eigenvalue weighted by atomic mass is 19.1. The standard InChI is InChI=1S/C23H23FN6O/c1-28(15-17-4-2-3-5-21(17)29-10-12-31-13-11-29)22-20-14-27-30(23(20)26-16-25-22)19-8-6-18(24)7-9-19/h2-9,14,16H,10-13,15H2,1H3. The Balaban J connectivity index is 1.46. The number of ether oxygens (including phenoxy) is 1. The van der Waals surface area contributed by atoms with Crippen molar-refractivity contribution in [2.24, 2.45) is 0 Å². The lowest BCUT2D eigenvalue weighted by Crippen LogP contribution is -2.37. The Labute approximate surface area is 179 Å². The first-order valence-corrected chi connectivity index (χ1v) is 10.3. The maximum Gasteiger partial charge on any atom is 0.168 e. The normalized spacial score (nSPS) is 14.2. The van der Waals surface area contributed by atoms with Crippen LogP contribution in [0.5, 0.6) is 0 Å². The average Bonchev–Trinajstić information content (AvgIpc) is 3.25. The molecule has 0 aliphatic carbocycles. The van der Waals surface area contributed by atoms with E-state index < -0.39 is 0 Å². The van der Waals surface area contributed by atoms with E-state index in [1.54, 1.807) is 29.3 Å². The molecule has 0 radical (unpaired) electrons. The van der Waals surface area contributed by atoms with Crippen LogP contribution >= 0.6 is 0 Å².